The molecule has 12 heavy (non-hydrogen) atoms. The van der Waals surface area contributed by atoms with E-state index in [0.29, 0.717) is 0 Å². The first-order valence-electron chi connectivity index (χ1n) is 4.34. The molecule has 71 valence electrons. The Bertz CT molecular complexity index is 117. The van der Waals surface area contributed by atoms with Crippen molar-refractivity contribution in [3.8, 4) is 0 Å². The average Bonchev–Trinajstić information content (AvgIpc) is 2.02. The molecule has 4 nitrogen and oxygen atoms in total. The molecular formula is C8H16NO3. The maximum Gasteiger partial charge on any atom is 0.294 e. The van der Waals surface area contributed by atoms with Gasteiger partial charge in [0, 0.05) is 0 Å². The summed E-state index contributed by atoms with van der Waals surface area (Å²) in [6, 6.07) is 0. The van der Waals surface area contributed by atoms with Crippen LogP contribution in [0, 0.1) is 17.0 Å². The maximum atomic E-state index is 9.71. The van der Waals surface area contributed by atoms with Gasteiger partial charge in [0.1, 0.15) is 0 Å². The highest BCUT2D eigenvalue weighted by Crippen LogP contribution is 2.04. The second-order valence-electron chi connectivity index (χ2n) is 2.68. The van der Waals surface area contributed by atoms with E-state index >= 15 is 0 Å². The zero-order valence-electron chi connectivity index (χ0n) is 7.33. The molecule has 0 fully saturated rings. The first-order chi connectivity index (χ1) is 5.77. The monoisotopic (exact) mass is 174 g/mol. The standard InChI is InChI=1S/C8H16NO3/c1-2-3-4-5-6-7-8-12-9(10)11/h1-8H2. The van der Waals surface area contributed by atoms with Crippen LogP contribution in [0.3, 0.4) is 0 Å². The van der Waals surface area contributed by atoms with Crippen LogP contribution in [0.1, 0.15) is 38.5 Å². The van der Waals surface area contributed by atoms with Gasteiger partial charge in [-0.3, -0.25) is 0 Å². The summed E-state index contributed by atoms with van der Waals surface area (Å²) in [5, 5.41) is 8.97. The van der Waals surface area contributed by atoms with E-state index in [1.807, 2.05) is 0 Å². The van der Waals surface area contributed by atoms with Crippen LogP contribution in [0.4, 0.5) is 0 Å². The van der Waals surface area contributed by atoms with Gasteiger partial charge in [0.2, 0.25) is 0 Å². The third-order valence-corrected chi connectivity index (χ3v) is 1.59. The summed E-state index contributed by atoms with van der Waals surface area (Å²) in [5.74, 6) is 0. The summed E-state index contributed by atoms with van der Waals surface area (Å²) < 4.78 is 0. The zero-order valence-corrected chi connectivity index (χ0v) is 7.33. The summed E-state index contributed by atoms with van der Waals surface area (Å²) >= 11 is 0. The van der Waals surface area contributed by atoms with Crippen molar-refractivity contribution in [1.29, 1.82) is 0 Å². The third kappa shape index (κ3) is 9.20. The van der Waals surface area contributed by atoms with Crippen LogP contribution >= 0.6 is 0 Å². The van der Waals surface area contributed by atoms with Crippen LogP contribution in [0.15, 0.2) is 0 Å². The molecule has 0 spiro atoms. The molecule has 0 aliphatic carbocycles. The largest absolute Gasteiger partial charge is 0.314 e. The fourth-order valence-electron chi connectivity index (χ4n) is 0.948. The van der Waals surface area contributed by atoms with Crippen molar-refractivity contribution in [3.63, 3.8) is 0 Å². The van der Waals surface area contributed by atoms with Crippen LogP contribution in [0.25, 0.3) is 0 Å². The molecule has 4 heteroatoms. The quantitative estimate of drug-likeness (QED) is 0.322. The molecule has 0 aliphatic rings. The van der Waals surface area contributed by atoms with Crippen molar-refractivity contribution in [3.05, 3.63) is 17.0 Å². The lowest BCUT2D eigenvalue weighted by Gasteiger charge is -1.99. The minimum atomic E-state index is -0.740. The van der Waals surface area contributed by atoms with Gasteiger partial charge < -0.3 is 4.84 Å². The Morgan fingerprint density at radius 2 is 1.75 bits per heavy atom. The minimum Gasteiger partial charge on any atom is -0.314 e. The van der Waals surface area contributed by atoms with Crippen molar-refractivity contribution >= 4 is 0 Å². The van der Waals surface area contributed by atoms with E-state index in [4.69, 9.17) is 0 Å². The predicted molar refractivity (Wildman–Crippen MR) is 46.0 cm³/mol. The maximum absolute atomic E-state index is 9.71. The number of hydrogen-bond donors (Lipinski definition) is 0. The molecule has 0 bridgehead atoms. The third-order valence-electron chi connectivity index (χ3n) is 1.59. The second kappa shape index (κ2) is 8.30. The van der Waals surface area contributed by atoms with Gasteiger partial charge in [-0.15, -0.1) is 10.1 Å². The first kappa shape index (κ1) is 11.2. The first-order valence-corrected chi connectivity index (χ1v) is 4.34. The Morgan fingerprint density at radius 1 is 1.17 bits per heavy atom. The van der Waals surface area contributed by atoms with Gasteiger partial charge >= 0.3 is 0 Å². The molecule has 0 aromatic heterocycles. The molecule has 1 radical (unpaired) electrons. The molecule has 0 unspecified atom stereocenters. The Labute approximate surface area is 73.0 Å². The molecule has 0 rings (SSSR count). The van der Waals surface area contributed by atoms with Crippen LogP contribution in [0.5, 0.6) is 0 Å². The van der Waals surface area contributed by atoms with Gasteiger partial charge in [0.25, 0.3) is 5.09 Å². The Morgan fingerprint density at radius 3 is 2.33 bits per heavy atom. The Hall–Kier alpha value is -0.800. The summed E-state index contributed by atoms with van der Waals surface area (Å²) in [4.78, 5) is 13.9. The van der Waals surface area contributed by atoms with Crippen molar-refractivity contribution in [2.45, 2.75) is 38.5 Å². The highest BCUT2D eigenvalue weighted by atomic mass is 16.9. The highest BCUT2D eigenvalue weighted by Gasteiger charge is 1.93. The molecule has 0 atom stereocenters. The van der Waals surface area contributed by atoms with E-state index in [2.05, 4.69) is 11.8 Å². The van der Waals surface area contributed by atoms with Crippen molar-refractivity contribution in [2.24, 2.45) is 0 Å². The molecule has 0 aliphatic heterocycles. The van der Waals surface area contributed by atoms with E-state index in [1.54, 1.807) is 0 Å². The van der Waals surface area contributed by atoms with Crippen molar-refractivity contribution < 1.29 is 9.92 Å². The van der Waals surface area contributed by atoms with Crippen LogP contribution in [0.2, 0.25) is 0 Å². The fraction of sp³-hybridized carbons (Fsp3) is 0.875. The molecule has 0 heterocycles. The van der Waals surface area contributed by atoms with E-state index in [1.165, 1.54) is 6.42 Å². The number of nitrogens with zero attached hydrogens (tertiary/aromatic N) is 1. The highest BCUT2D eigenvalue weighted by molar-refractivity contribution is 4.45. The Kier molecular flexibility index (Phi) is 7.74. The fourth-order valence-corrected chi connectivity index (χ4v) is 0.948. The molecule has 0 N–H and O–H groups in total. The summed E-state index contributed by atoms with van der Waals surface area (Å²) in [5.41, 5.74) is 0. The molecular weight excluding hydrogens is 158 g/mol. The van der Waals surface area contributed by atoms with Crippen LogP contribution in [-0.4, -0.2) is 11.7 Å². The number of rotatable bonds is 8. The van der Waals surface area contributed by atoms with Gasteiger partial charge in [-0.25, -0.2) is 0 Å². The summed E-state index contributed by atoms with van der Waals surface area (Å²) in [6.07, 6.45) is 6.20. The van der Waals surface area contributed by atoms with Gasteiger partial charge in [-0.2, -0.15) is 0 Å². The molecule has 0 saturated carbocycles. The van der Waals surface area contributed by atoms with Gasteiger partial charge in [-0.1, -0.05) is 39.0 Å². The lowest BCUT2D eigenvalue weighted by molar-refractivity contribution is -0.757. The molecule has 0 saturated heterocycles. The zero-order chi connectivity index (χ0) is 9.23. The molecule has 0 amide bonds. The van der Waals surface area contributed by atoms with E-state index in [0.717, 1.165) is 32.1 Å². The smallest absolute Gasteiger partial charge is 0.294 e. The normalized spacial score (nSPS) is 9.75. The molecule has 0 aromatic rings. The predicted octanol–water partition coefficient (Wildman–Crippen LogP) is 2.37. The molecule has 0 aromatic carbocycles. The number of hydrogen-bond acceptors (Lipinski definition) is 3. The Balaban J connectivity index is 2.86. The number of unbranched alkanes of at least 4 members (excludes halogenated alkanes) is 5. The van der Waals surface area contributed by atoms with Gasteiger partial charge in [0.15, 0.2) is 0 Å². The summed E-state index contributed by atoms with van der Waals surface area (Å²) in [6.45, 7) is 3.96. The second-order valence-corrected chi connectivity index (χ2v) is 2.68. The van der Waals surface area contributed by atoms with Crippen molar-refractivity contribution in [2.75, 3.05) is 6.61 Å². The topological polar surface area (TPSA) is 52.4 Å². The SMILES string of the molecule is [CH2]CCCCCCCO[N+](=O)[O-]. The average molecular weight is 174 g/mol. The van der Waals surface area contributed by atoms with Gasteiger partial charge in [0.05, 0.1) is 6.61 Å². The minimum absolute atomic E-state index is 0.234. The van der Waals surface area contributed by atoms with Crippen molar-refractivity contribution in [1.82, 2.24) is 0 Å². The van der Waals surface area contributed by atoms with E-state index in [-0.39, 0.29) is 6.61 Å². The van der Waals surface area contributed by atoms with E-state index in [9.17, 15) is 10.1 Å². The van der Waals surface area contributed by atoms with Crippen LogP contribution < -0.4 is 0 Å². The van der Waals surface area contributed by atoms with E-state index < -0.39 is 5.09 Å². The summed E-state index contributed by atoms with van der Waals surface area (Å²) in [7, 11) is 0. The van der Waals surface area contributed by atoms with Crippen LogP contribution in [-0.2, 0) is 4.84 Å². The lowest BCUT2D eigenvalue weighted by Crippen LogP contribution is -2.01. The lowest BCUT2D eigenvalue weighted by atomic mass is 10.1. The van der Waals surface area contributed by atoms with Gasteiger partial charge in [-0.05, 0) is 6.42 Å².